The number of phosphoric acid groups is 2. The van der Waals surface area contributed by atoms with Gasteiger partial charge in [0.2, 0.25) is 0 Å². The van der Waals surface area contributed by atoms with Crippen LogP contribution in [0.5, 0.6) is 0 Å². The van der Waals surface area contributed by atoms with E-state index in [1.165, 1.54) is 17.5 Å². The van der Waals surface area contributed by atoms with Gasteiger partial charge in [0.15, 0.2) is 0 Å². The van der Waals surface area contributed by atoms with E-state index in [1.807, 2.05) is 0 Å². The van der Waals surface area contributed by atoms with Gasteiger partial charge in [0.1, 0.15) is 17.7 Å². The van der Waals surface area contributed by atoms with Gasteiger partial charge in [0.05, 0.1) is 6.10 Å². The molecule has 0 fully saturated rings. The predicted molar refractivity (Wildman–Crippen MR) is 93.5 cm³/mol. The topological polar surface area (TPSA) is 210 Å². The maximum absolute atomic E-state index is 11.8. The molecule has 28 heavy (non-hydrogen) atoms. The molecule has 0 aliphatic heterocycles. The van der Waals surface area contributed by atoms with Crippen molar-refractivity contribution in [2.24, 2.45) is 0 Å². The van der Waals surface area contributed by atoms with Crippen molar-refractivity contribution >= 4 is 28.8 Å². The fourth-order valence-electron chi connectivity index (χ4n) is 2.23. The third kappa shape index (κ3) is 6.71. The van der Waals surface area contributed by atoms with Crippen LogP contribution in [0.4, 0.5) is 0 Å². The minimum atomic E-state index is -5.50. The number of hydrogen-bond donors (Lipinski definition) is 5. The van der Waals surface area contributed by atoms with Gasteiger partial charge in [-0.1, -0.05) is 0 Å². The Morgan fingerprint density at radius 2 is 1.82 bits per heavy atom. The summed E-state index contributed by atoms with van der Waals surface area (Å²) in [6.45, 7) is 3.11. The summed E-state index contributed by atoms with van der Waals surface area (Å²) in [7, 11) is -15.8. The maximum Gasteiger partial charge on any atom is 0.488 e. The number of H-pyrrole nitrogens is 1. The van der Waals surface area contributed by atoms with Gasteiger partial charge in [-0.2, -0.15) is 9.41 Å². The Balaban J connectivity index is 2.01. The standard InChI is InChI=1S/C11H18N3O11P3/c1-7(5-9-3-4-10-11(15)12-8(2)13-14(9)10)23-6-26(16,17)24-28(21,22)25-27(18,19)20/h3-4,7H,5-6H2,1-2H3,(H,16,17)(H,21,22)(H,12,13,15)(H2,18,19,20). The van der Waals surface area contributed by atoms with Crippen LogP contribution in [-0.4, -0.2) is 46.6 Å². The molecule has 0 spiro atoms. The molecule has 0 saturated carbocycles. The molecule has 2 rings (SSSR count). The van der Waals surface area contributed by atoms with Gasteiger partial charge in [-0.05, 0) is 26.0 Å². The van der Waals surface area contributed by atoms with E-state index in [0.29, 0.717) is 17.0 Å². The summed E-state index contributed by atoms with van der Waals surface area (Å²) in [4.78, 5) is 50.0. The van der Waals surface area contributed by atoms with Crippen LogP contribution in [0.15, 0.2) is 16.9 Å². The lowest BCUT2D eigenvalue weighted by atomic mass is 10.2. The van der Waals surface area contributed by atoms with Gasteiger partial charge in [-0.15, -0.1) is 0 Å². The number of aromatic nitrogens is 3. The van der Waals surface area contributed by atoms with E-state index in [1.54, 1.807) is 13.0 Å². The number of ether oxygens (including phenoxy) is 1. The highest BCUT2D eigenvalue weighted by Crippen LogP contribution is 2.65. The third-order valence-electron chi connectivity index (χ3n) is 3.17. The van der Waals surface area contributed by atoms with Crippen molar-refractivity contribution in [1.82, 2.24) is 14.6 Å². The summed E-state index contributed by atoms with van der Waals surface area (Å²) < 4.78 is 47.6. The van der Waals surface area contributed by atoms with E-state index < -0.39 is 35.7 Å². The summed E-state index contributed by atoms with van der Waals surface area (Å²) in [5, 5.41) is 4.16. The van der Waals surface area contributed by atoms with E-state index in [-0.39, 0.29) is 12.0 Å². The summed E-state index contributed by atoms with van der Waals surface area (Å²) in [6, 6.07) is 3.15. The molecule has 0 saturated heterocycles. The van der Waals surface area contributed by atoms with Crippen molar-refractivity contribution < 1.29 is 46.6 Å². The van der Waals surface area contributed by atoms with Crippen molar-refractivity contribution in [2.45, 2.75) is 26.4 Å². The number of rotatable bonds is 9. The number of hydrogen-bond acceptors (Lipinski definition) is 8. The van der Waals surface area contributed by atoms with Crippen LogP contribution < -0.4 is 5.56 Å². The Kier molecular flexibility index (Phi) is 6.84. The zero-order valence-corrected chi connectivity index (χ0v) is 17.2. The molecule has 3 atom stereocenters. The van der Waals surface area contributed by atoms with Crippen molar-refractivity contribution in [3.8, 4) is 0 Å². The van der Waals surface area contributed by atoms with Crippen LogP contribution in [0.1, 0.15) is 18.4 Å². The number of aromatic amines is 1. The van der Waals surface area contributed by atoms with E-state index >= 15 is 0 Å². The molecule has 0 radical (unpaired) electrons. The minimum absolute atomic E-state index is 0.153. The highest BCUT2D eigenvalue weighted by molar-refractivity contribution is 7.68. The lowest BCUT2D eigenvalue weighted by Crippen LogP contribution is -2.18. The first kappa shape index (κ1) is 23.1. The molecule has 0 aromatic carbocycles. The van der Waals surface area contributed by atoms with Crippen LogP contribution in [0.2, 0.25) is 0 Å². The Morgan fingerprint density at radius 3 is 2.43 bits per heavy atom. The Bertz CT molecular complexity index is 1060. The number of nitrogens with zero attached hydrogens (tertiary/aromatic N) is 2. The van der Waals surface area contributed by atoms with E-state index in [4.69, 9.17) is 19.4 Å². The molecule has 17 heteroatoms. The third-order valence-corrected chi connectivity index (χ3v) is 7.17. The molecule has 0 amide bonds. The van der Waals surface area contributed by atoms with Crippen LogP contribution in [-0.2, 0) is 33.5 Å². The van der Waals surface area contributed by atoms with Gasteiger partial charge >= 0.3 is 23.2 Å². The molecular formula is C11H18N3O11P3. The number of fused-ring (bicyclic) bond motifs is 1. The van der Waals surface area contributed by atoms with Gasteiger partial charge in [-0.25, -0.2) is 18.0 Å². The summed E-state index contributed by atoms with van der Waals surface area (Å²) in [6.07, 6.45) is -1.62. The van der Waals surface area contributed by atoms with E-state index in [9.17, 15) is 23.4 Å². The van der Waals surface area contributed by atoms with Crippen molar-refractivity contribution in [2.75, 3.05) is 6.35 Å². The molecule has 0 aliphatic rings. The molecule has 5 N–H and O–H groups in total. The quantitative estimate of drug-likeness (QED) is 0.326. The van der Waals surface area contributed by atoms with Crippen LogP contribution in [0.25, 0.3) is 5.52 Å². The smallest absolute Gasteiger partial charge is 0.365 e. The van der Waals surface area contributed by atoms with Crippen molar-refractivity contribution in [3.63, 3.8) is 0 Å². The summed E-state index contributed by atoms with van der Waals surface area (Å²) in [5.74, 6) is 0.375. The first-order valence-electron chi connectivity index (χ1n) is 7.49. The second-order valence-corrected chi connectivity index (χ2v) is 10.5. The molecule has 3 unspecified atom stereocenters. The molecule has 14 nitrogen and oxygen atoms in total. The van der Waals surface area contributed by atoms with Crippen molar-refractivity contribution in [3.05, 3.63) is 34.0 Å². The average molecular weight is 461 g/mol. The molecule has 158 valence electrons. The molecule has 2 heterocycles. The molecule has 0 aliphatic carbocycles. The van der Waals surface area contributed by atoms with E-state index in [2.05, 4.69) is 18.7 Å². The Labute approximate surface area is 157 Å². The maximum atomic E-state index is 11.8. The molecule has 2 aromatic heterocycles. The van der Waals surface area contributed by atoms with Gasteiger partial charge < -0.3 is 29.3 Å². The molecule has 0 bridgehead atoms. The lowest BCUT2D eigenvalue weighted by molar-refractivity contribution is 0.0867. The van der Waals surface area contributed by atoms with Crippen LogP contribution in [0.3, 0.4) is 0 Å². The minimum Gasteiger partial charge on any atom is -0.365 e. The van der Waals surface area contributed by atoms with Gasteiger partial charge in [-0.3, -0.25) is 9.36 Å². The fourth-order valence-corrected chi connectivity index (χ4v) is 5.61. The zero-order chi connectivity index (χ0) is 21.3. The zero-order valence-electron chi connectivity index (χ0n) is 14.5. The van der Waals surface area contributed by atoms with E-state index in [0.717, 1.165) is 0 Å². The average Bonchev–Trinajstić information content (AvgIpc) is 2.84. The van der Waals surface area contributed by atoms with Crippen molar-refractivity contribution in [1.29, 1.82) is 0 Å². The second kappa shape index (κ2) is 8.29. The summed E-state index contributed by atoms with van der Waals surface area (Å²) >= 11 is 0. The Morgan fingerprint density at radius 1 is 1.18 bits per heavy atom. The normalized spacial score (nSPS) is 17.9. The number of nitrogens with one attached hydrogen (secondary N) is 1. The van der Waals surface area contributed by atoms with Crippen LogP contribution >= 0.6 is 23.2 Å². The highest BCUT2D eigenvalue weighted by atomic mass is 31.3. The monoisotopic (exact) mass is 461 g/mol. The summed E-state index contributed by atoms with van der Waals surface area (Å²) in [5.41, 5.74) is 0.507. The molecule has 2 aromatic rings. The lowest BCUT2D eigenvalue weighted by Gasteiger charge is -2.18. The number of aryl methyl sites for hydroxylation is 1. The fraction of sp³-hybridized carbons (Fsp3) is 0.455. The van der Waals surface area contributed by atoms with Crippen LogP contribution in [0, 0.1) is 6.92 Å². The van der Waals surface area contributed by atoms with Gasteiger partial charge in [0, 0.05) is 12.1 Å². The Hall–Kier alpha value is -1.17. The SMILES string of the molecule is Cc1nn2c(CC(C)OCP(=O)(O)OP(=O)(O)OP(=O)(O)O)ccc2c(=O)[nH]1. The molecular weight excluding hydrogens is 443 g/mol. The second-order valence-electron chi connectivity index (χ2n) is 5.73. The van der Waals surface area contributed by atoms with Gasteiger partial charge in [0.25, 0.3) is 5.56 Å². The predicted octanol–water partition coefficient (Wildman–Crippen LogP) is 0.648. The first-order chi connectivity index (χ1) is 12.7. The largest absolute Gasteiger partial charge is 0.488 e. The first-order valence-corrected chi connectivity index (χ1v) is 12.3. The highest BCUT2D eigenvalue weighted by Gasteiger charge is 2.39.